The van der Waals surface area contributed by atoms with Crippen molar-refractivity contribution < 1.29 is 9.53 Å². The van der Waals surface area contributed by atoms with Crippen molar-refractivity contribution in [3.05, 3.63) is 33.8 Å². The average molecular weight is 353 g/mol. The van der Waals surface area contributed by atoms with Gasteiger partial charge in [-0.15, -0.1) is 0 Å². The number of halogens is 1. The zero-order chi connectivity index (χ0) is 15.4. The van der Waals surface area contributed by atoms with Crippen LogP contribution in [0.25, 0.3) is 0 Å². The summed E-state index contributed by atoms with van der Waals surface area (Å²) in [5.41, 5.74) is 2.42. The molecule has 0 aromatic heterocycles. The van der Waals surface area contributed by atoms with E-state index in [1.54, 1.807) is 0 Å². The largest absolute Gasteiger partial charge is 0.466 e. The molecular formula is C18H25BrO2. The lowest BCUT2D eigenvalue weighted by Gasteiger charge is -2.19. The van der Waals surface area contributed by atoms with E-state index < -0.39 is 0 Å². The first kappa shape index (κ1) is 16.5. The predicted octanol–water partition coefficient (Wildman–Crippen LogP) is 5.09. The molecule has 1 atom stereocenters. The Bertz CT molecular complexity index is 492. The molecule has 1 aromatic rings. The maximum atomic E-state index is 12.2. The Labute approximate surface area is 136 Å². The summed E-state index contributed by atoms with van der Waals surface area (Å²) < 4.78 is 6.38. The molecule has 2 rings (SSSR count). The summed E-state index contributed by atoms with van der Waals surface area (Å²) in [5.74, 6) is 1.07. The van der Waals surface area contributed by atoms with E-state index in [1.807, 2.05) is 6.92 Å². The first-order valence-electron chi connectivity index (χ1n) is 7.96. The second kappa shape index (κ2) is 7.44. The lowest BCUT2D eigenvalue weighted by Crippen LogP contribution is -2.18. The molecule has 3 heteroatoms. The molecule has 0 heterocycles. The molecular weight excluding hydrogens is 328 g/mol. The van der Waals surface area contributed by atoms with Crippen LogP contribution in [0.2, 0.25) is 0 Å². The van der Waals surface area contributed by atoms with Crippen LogP contribution in [0.15, 0.2) is 22.7 Å². The number of rotatable bonds is 7. The van der Waals surface area contributed by atoms with E-state index in [9.17, 15) is 4.79 Å². The monoisotopic (exact) mass is 352 g/mol. The van der Waals surface area contributed by atoms with Gasteiger partial charge in [-0.25, -0.2) is 0 Å². The van der Waals surface area contributed by atoms with Gasteiger partial charge >= 0.3 is 5.97 Å². The van der Waals surface area contributed by atoms with Crippen LogP contribution in [0, 0.1) is 11.8 Å². The van der Waals surface area contributed by atoms with Crippen molar-refractivity contribution in [2.24, 2.45) is 11.8 Å². The highest BCUT2D eigenvalue weighted by atomic mass is 79.9. The van der Waals surface area contributed by atoms with Gasteiger partial charge in [-0.05, 0) is 61.6 Å². The third-order valence-corrected chi connectivity index (χ3v) is 4.70. The van der Waals surface area contributed by atoms with Gasteiger partial charge in [0.25, 0.3) is 0 Å². The molecule has 1 aliphatic rings. The van der Waals surface area contributed by atoms with Crippen molar-refractivity contribution in [2.45, 2.75) is 52.4 Å². The highest BCUT2D eigenvalue weighted by molar-refractivity contribution is 9.10. The molecule has 0 radical (unpaired) electrons. The minimum atomic E-state index is -0.156. The van der Waals surface area contributed by atoms with Crippen LogP contribution < -0.4 is 0 Å². The highest BCUT2D eigenvalue weighted by Gasteiger charge is 2.25. The maximum Gasteiger partial charge on any atom is 0.313 e. The summed E-state index contributed by atoms with van der Waals surface area (Å²) in [6, 6.07) is 6.39. The van der Waals surface area contributed by atoms with Gasteiger partial charge in [0.1, 0.15) is 0 Å². The van der Waals surface area contributed by atoms with Crippen molar-refractivity contribution in [3.63, 3.8) is 0 Å². The molecule has 0 amide bonds. The molecule has 0 spiro atoms. The van der Waals surface area contributed by atoms with Crippen LogP contribution in [0.5, 0.6) is 0 Å². The van der Waals surface area contributed by atoms with E-state index in [4.69, 9.17) is 4.74 Å². The summed E-state index contributed by atoms with van der Waals surface area (Å²) >= 11 is 3.67. The molecule has 0 aliphatic heterocycles. The molecule has 1 fully saturated rings. The van der Waals surface area contributed by atoms with Gasteiger partial charge in [0.05, 0.1) is 12.5 Å². The maximum absolute atomic E-state index is 12.2. The molecule has 116 valence electrons. The molecule has 1 aromatic carbocycles. The van der Waals surface area contributed by atoms with Gasteiger partial charge in [0.15, 0.2) is 0 Å². The lowest BCUT2D eigenvalue weighted by molar-refractivity contribution is -0.145. The van der Waals surface area contributed by atoms with E-state index in [0.29, 0.717) is 12.5 Å². The van der Waals surface area contributed by atoms with Crippen molar-refractivity contribution in [1.29, 1.82) is 0 Å². The highest BCUT2D eigenvalue weighted by Crippen LogP contribution is 2.36. The second-order valence-electron chi connectivity index (χ2n) is 6.43. The third-order valence-electron chi connectivity index (χ3n) is 3.96. The van der Waals surface area contributed by atoms with E-state index in [2.05, 4.69) is 48.0 Å². The SMILES string of the molecule is CCOC(=O)C(CC(C)C)c1ccc(CC2CC2)c(Br)c1. The average Bonchev–Trinajstić information content (AvgIpc) is 3.22. The second-order valence-corrected chi connectivity index (χ2v) is 7.29. The van der Waals surface area contributed by atoms with Gasteiger partial charge in [-0.2, -0.15) is 0 Å². The summed E-state index contributed by atoms with van der Waals surface area (Å²) in [5, 5.41) is 0. The zero-order valence-electron chi connectivity index (χ0n) is 13.2. The van der Waals surface area contributed by atoms with Gasteiger partial charge in [0.2, 0.25) is 0 Å². The Morgan fingerprint density at radius 3 is 2.62 bits per heavy atom. The Hall–Kier alpha value is -0.830. The number of carbonyl (C=O) groups is 1. The number of esters is 1. The van der Waals surface area contributed by atoms with Gasteiger partial charge in [-0.3, -0.25) is 4.79 Å². The lowest BCUT2D eigenvalue weighted by atomic mass is 9.89. The van der Waals surface area contributed by atoms with Crippen LogP contribution >= 0.6 is 15.9 Å². The van der Waals surface area contributed by atoms with Crippen molar-refractivity contribution in [1.82, 2.24) is 0 Å². The van der Waals surface area contributed by atoms with Crippen LogP contribution in [0.4, 0.5) is 0 Å². The fraction of sp³-hybridized carbons (Fsp3) is 0.611. The normalized spacial score (nSPS) is 16.0. The Morgan fingerprint density at radius 1 is 1.38 bits per heavy atom. The number of benzene rings is 1. The fourth-order valence-corrected chi connectivity index (χ4v) is 3.22. The molecule has 1 saturated carbocycles. The van der Waals surface area contributed by atoms with Gasteiger partial charge in [-0.1, -0.05) is 41.9 Å². The quantitative estimate of drug-likeness (QED) is 0.638. The number of hydrogen-bond donors (Lipinski definition) is 0. The van der Waals surface area contributed by atoms with Crippen molar-refractivity contribution in [2.75, 3.05) is 6.61 Å². The van der Waals surface area contributed by atoms with E-state index in [1.165, 1.54) is 18.4 Å². The third kappa shape index (κ3) is 4.84. The number of ether oxygens (including phenoxy) is 1. The van der Waals surface area contributed by atoms with Crippen LogP contribution in [-0.2, 0) is 16.0 Å². The standard InChI is InChI=1S/C18H25BrO2/c1-4-21-18(20)16(9-12(2)3)14-7-8-15(17(19)11-14)10-13-5-6-13/h7-8,11-13,16H,4-6,9-10H2,1-3H3. The Kier molecular flexibility index (Phi) is 5.86. The van der Waals surface area contributed by atoms with Crippen LogP contribution in [0.1, 0.15) is 57.1 Å². The van der Waals surface area contributed by atoms with Crippen LogP contribution in [0.3, 0.4) is 0 Å². The topological polar surface area (TPSA) is 26.3 Å². The van der Waals surface area contributed by atoms with E-state index in [0.717, 1.165) is 28.8 Å². The Balaban J connectivity index is 2.17. The molecule has 0 N–H and O–H groups in total. The number of hydrogen-bond acceptors (Lipinski definition) is 2. The molecule has 0 bridgehead atoms. The molecule has 1 unspecified atom stereocenters. The minimum absolute atomic E-state index is 0.104. The molecule has 2 nitrogen and oxygen atoms in total. The summed E-state index contributed by atoms with van der Waals surface area (Å²) in [6.07, 6.45) is 4.68. The molecule has 0 saturated heterocycles. The van der Waals surface area contributed by atoms with Crippen molar-refractivity contribution in [3.8, 4) is 0 Å². The van der Waals surface area contributed by atoms with Crippen LogP contribution in [-0.4, -0.2) is 12.6 Å². The van der Waals surface area contributed by atoms with Gasteiger partial charge in [0, 0.05) is 4.47 Å². The summed E-state index contributed by atoms with van der Waals surface area (Å²) in [4.78, 5) is 12.2. The number of carbonyl (C=O) groups excluding carboxylic acids is 1. The Morgan fingerprint density at radius 2 is 2.10 bits per heavy atom. The predicted molar refractivity (Wildman–Crippen MR) is 89.4 cm³/mol. The first-order valence-corrected chi connectivity index (χ1v) is 8.75. The van der Waals surface area contributed by atoms with Crippen molar-refractivity contribution >= 4 is 21.9 Å². The summed E-state index contributed by atoms with van der Waals surface area (Å²) in [7, 11) is 0. The van der Waals surface area contributed by atoms with E-state index in [-0.39, 0.29) is 11.9 Å². The molecule has 21 heavy (non-hydrogen) atoms. The summed E-state index contributed by atoms with van der Waals surface area (Å²) in [6.45, 7) is 6.58. The van der Waals surface area contributed by atoms with E-state index >= 15 is 0 Å². The fourth-order valence-electron chi connectivity index (χ4n) is 2.66. The molecule has 1 aliphatic carbocycles. The first-order chi connectivity index (χ1) is 10.0. The zero-order valence-corrected chi connectivity index (χ0v) is 14.8. The smallest absolute Gasteiger partial charge is 0.313 e. The minimum Gasteiger partial charge on any atom is -0.466 e. The van der Waals surface area contributed by atoms with Gasteiger partial charge < -0.3 is 4.74 Å².